The van der Waals surface area contributed by atoms with Crippen molar-refractivity contribution in [3.63, 3.8) is 0 Å². The van der Waals surface area contributed by atoms with E-state index in [-0.39, 0.29) is 16.3 Å². The topological polar surface area (TPSA) is 66.8 Å². The molecule has 0 aliphatic rings. The first kappa shape index (κ1) is 11.7. The number of aliphatic carboxylic acids is 1. The van der Waals surface area contributed by atoms with E-state index in [9.17, 15) is 14.3 Å². The number of halogens is 2. The fourth-order valence-corrected chi connectivity index (χ4v) is 1.24. The summed E-state index contributed by atoms with van der Waals surface area (Å²) in [6, 6.07) is 1.94. The number of methoxy groups -OCH3 is 1. The highest BCUT2D eigenvalue weighted by molar-refractivity contribution is 6.30. The molecule has 0 spiro atoms. The molecule has 82 valence electrons. The predicted molar refractivity (Wildman–Crippen MR) is 50.6 cm³/mol. The number of rotatable bonds is 3. The van der Waals surface area contributed by atoms with Gasteiger partial charge in [0.25, 0.3) is 0 Å². The molecule has 15 heavy (non-hydrogen) atoms. The first-order chi connectivity index (χ1) is 6.97. The van der Waals surface area contributed by atoms with E-state index < -0.39 is 17.9 Å². The first-order valence-corrected chi connectivity index (χ1v) is 4.29. The second-order valence-corrected chi connectivity index (χ2v) is 3.16. The molecule has 1 unspecified atom stereocenters. The van der Waals surface area contributed by atoms with Crippen molar-refractivity contribution in [1.29, 1.82) is 0 Å². The molecule has 0 fully saturated rings. The summed E-state index contributed by atoms with van der Waals surface area (Å²) in [5, 5.41) is 17.6. The molecular weight excluding hydrogens is 227 g/mol. The summed E-state index contributed by atoms with van der Waals surface area (Å²) < 4.78 is 17.7. The van der Waals surface area contributed by atoms with Crippen molar-refractivity contribution >= 4 is 17.6 Å². The molecule has 2 N–H and O–H groups in total. The van der Waals surface area contributed by atoms with Crippen LogP contribution in [0, 0.1) is 5.82 Å². The predicted octanol–water partition coefficient (Wildman–Crippen LogP) is 1.61. The van der Waals surface area contributed by atoms with Crippen LogP contribution in [-0.4, -0.2) is 23.3 Å². The average molecular weight is 235 g/mol. The highest BCUT2D eigenvalue weighted by atomic mass is 35.5. The zero-order valence-corrected chi connectivity index (χ0v) is 8.45. The molecule has 6 heteroatoms. The molecule has 0 saturated heterocycles. The molecule has 0 bridgehead atoms. The normalized spacial score (nSPS) is 12.3. The van der Waals surface area contributed by atoms with Gasteiger partial charge in [-0.05, 0) is 6.07 Å². The van der Waals surface area contributed by atoms with Gasteiger partial charge in [-0.1, -0.05) is 11.6 Å². The van der Waals surface area contributed by atoms with E-state index in [0.717, 1.165) is 12.1 Å². The second kappa shape index (κ2) is 4.46. The standard InChI is InChI=1S/C9H8ClFO4/c1-15-7-3-6(11)5(10)2-4(7)8(12)9(13)14/h2-3,8,12H,1H3,(H,13,14). The fourth-order valence-electron chi connectivity index (χ4n) is 1.07. The highest BCUT2D eigenvalue weighted by Gasteiger charge is 2.22. The number of aliphatic hydroxyl groups excluding tert-OH is 1. The van der Waals surface area contributed by atoms with Crippen LogP contribution in [0.5, 0.6) is 5.75 Å². The lowest BCUT2D eigenvalue weighted by molar-refractivity contribution is -0.147. The van der Waals surface area contributed by atoms with Gasteiger partial charge in [0, 0.05) is 11.6 Å². The first-order valence-electron chi connectivity index (χ1n) is 3.91. The van der Waals surface area contributed by atoms with Crippen molar-refractivity contribution < 1.29 is 24.1 Å². The van der Waals surface area contributed by atoms with E-state index >= 15 is 0 Å². The maximum atomic E-state index is 13.0. The van der Waals surface area contributed by atoms with E-state index in [1.165, 1.54) is 7.11 Å². The Morgan fingerprint density at radius 2 is 2.20 bits per heavy atom. The molecule has 0 radical (unpaired) electrons. The van der Waals surface area contributed by atoms with Crippen molar-refractivity contribution in [2.24, 2.45) is 0 Å². The van der Waals surface area contributed by atoms with Gasteiger partial charge in [-0.2, -0.15) is 0 Å². The molecule has 4 nitrogen and oxygen atoms in total. The van der Waals surface area contributed by atoms with Crippen LogP contribution in [0.15, 0.2) is 12.1 Å². The van der Waals surface area contributed by atoms with Crippen LogP contribution in [-0.2, 0) is 4.79 Å². The van der Waals surface area contributed by atoms with Crippen molar-refractivity contribution in [2.45, 2.75) is 6.10 Å². The lowest BCUT2D eigenvalue weighted by atomic mass is 10.1. The Labute approximate surface area is 89.9 Å². The van der Waals surface area contributed by atoms with Gasteiger partial charge in [-0.3, -0.25) is 0 Å². The largest absolute Gasteiger partial charge is 0.496 e. The Bertz CT molecular complexity index is 394. The molecule has 1 rings (SSSR count). The van der Waals surface area contributed by atoms with Crippen LogP contribution >= 0.6 is 11.6 Å². The molecule has 0 aliphatic heterocycles. The van der Waals surface area contributed by atoms with Crippen molar-refractivity contribution in [1.82, 2.24) is 0 Å². The Hall–Kier alpha value is -1.33. The Balaban J connectivity index is 3.27. The van der Waals surface area contributed by atoms with E-state index in [2.05, 4.69) is 0 Å². The number of hydrogen-bond donors (Lipinski definition) is 2. The van der Waals surface area contributed by atoms with Crippen molar-refractivity contribution in [2.75, 3.05) is 7.11 Å². The Morgan fingerprint density at radius 1 is 1.60 bits per heavy atom. The SMILES string of the molecule is COc1cc(F)c(Cl)cc1C(O)C(=O)O. The fraction of sp³-hybridized carbons (Fsp3) is 0.222. The number of benzene rings is 1. The molecule has 0 saturated carbocycles. The van der Waals surface area contributed by atoms with Crippen LogP contribution in [0.2, 0.25) is 5.02 Å². The minimum Gasteiger partial charge on any atom is -0.496 e. The van der Waals surface area contributed by atoms with Gasteiger partial charge in [0.15, 0.2) is 6.10 Å². The summed E-state index contributed by atoms with van der Waals surface area (Å²) >= 11 is 5.46. The zero-order chi connectivity index (χ0) is 11.6. The number of hydrogen-bond acceptors (Lipinski definition) is 3. The highest BCUT2D eigenvalue weighted by Crippen LogP contribution is 2.30. The molecule has 0 aliphatic carbocycles. The number of carbonyl (C=O) groups is 1. The van der Waals surface area contributed by atoms with Gasteiger partial charge >= 0.3 is 5.97 Å². The minimum absolute atomic E-state index is 0.0631. The number of ether oxygens (including phenoxy) is 1. The molecule has 1 aromatic carbocycles. The third-order valence-corrected chi connectivity index (χ3v) is 2.09. The summed E-state index contributed by atoms with van der Waals surface area (Å²) in [4.78, 5) is 10.5. The van der Waals surface area contributed by atoms with Gasteiger partial charge in [-0.25, -0.2) is 9.18 Å². The van der Waals surface area contributed by atoms with Gasteiger partial charge < -0.3 is 14.9 Å². The van der Waals surface area contributed by atoms with Gasteiger partial charge in [0.1, 0.15) is 11.6 Å². The van der Waals surface area contributed by atoms with Gasteiger partial charge in [0.2, 0.25) is 0 Å². The summed E-state index contributed by atoms with van der Waals surface area (Å²) in [6.45, 7) is 0. The Kier molecular flexibility index (Phi) is 3.49. The average Bonchev–Trinajstić information content (AvgIpc) is 2.20. The quantitative estimate of drug-likeness (QED) is 0.834. The maximum absolute atomic E-state index is 13.0. The number of carboxylic acid groups (broad SMARTS) is 1. The summed E-state index contributed by atoms with van der Waals surface area (Å²) in [6.07, 6.45) is -1.79. The second-order valence-electron chi connectivity index (χ2n) is 2.75. The van der Waals surface area contributed by atoms with Crippen molar-refractivity contribution in [3.8, 4) is 5.75 Å². The molecule has 1 atom stereocenters. The smallest absolute Gasteiger partial charge is 0.337 e. The summed E-state index contributed by atoms with van der Waals surface area (Å²) in [5.41, 5.74) is -0.0867. The zero-order valence-electron chi connectivity index (χ0n) is 7.70. The molecule has 0 heterocycles. The molecular formula is C9H8ClFO4. The van der Waals surface area contributed by atoms with Crippen LogP contribution in [0.1, 0.15) is 11.7 Å². The van der Waals surface area contributed by atoms with E-state index in [0.29, 0.717) is 0 Å². The lowest BCUT2D eigenvalue weighted by Crippen LogP contribution is -2.12. The van der Waals surface area contributed by atoms with Crippen LogP contribution < -0.4 is 4.74 Å². The van der Waals surface area contributed by atoms with Gasteiger partial charge in [-0.15, -0.1) is 0 Å². The molecule has 0 aromatic heterocycles. The van der Waals surface area contributed by atoms with E-state index in [1.54, 1.807) is 0 Å². The lowest BCUT2D eigenvalue weighted by Gasteiger charge is -2.11. The third kappa shape index (κ3) is 2.37. The van der Waals surface area contributed by atoms with Crippen LogP contribution in [0.25, 0.3) is 0 Å². The van der Waals surface area contributed by atoms with E-state index in [4.69, 9.17) is 21.4 Å². The summed E-state index contributed by atoms with van der Waals surface area (Å²) in [7, 11) is 1.24. The monoisotopic (exact) mass is 234 g/mol. The minimum atomic E-state index is -1.79. The number of aliphatic hydroxyl groups is 1. The van der Waals surface area contributed by atoms with E-state index in [1.807, 2.05) is 0 Å². The molecule has 0 amide bonds. The summed E-state index contributed by atoms with van der Waals surface area (Å²) in [5.74, 6) is -2.27. The third-order valence-electron chi connectivity index (χ3n) is 1.80. The number of carboxylic acids is 1. The van der Waals surface area contributed by atoms with Gasteiger partial charge in [0.05, 0.1) is 12.1 Å². The van der Waals surface area contributed by atoms with Crippen LogP contribution in [0.4, 0.5) is 4.39 Å². The van der Waals surface area contributed by atoms with Crippen LogP contribution in [0.3, 0.4) is 0 Å². The maximum Gasteiger partial charge on any atom is 0.337 e. The molecule has 1 aromatic rings. The van der Waals surface area contributed by atoms with Crippen molar-refractivity contribution in [3.05, 3.63) is 28.5 Å². The Morgan fingerprint density at radius 3 is 2.67 bits per heavy atom.